The molecule has 0 spiro atoms. The lowest BCUT2D eigenvalue weighted by molar-refractivity contribution is -0.139. The van der Waals surface area contributed by atoms with Crippen LogP contribution in [0.1, 0.15) is 21.3 Å². The zero-order chi connectivity index (χ0) is 29.3. The van der Waals surface area contributed by atoms with Crippen LogP contribution >= 0.6 is 22.9 Å². The maximum atomic E-state index is 14.1. The third-order valence-corrected chi connectivity index (χ3v) is 11.5. The van der Waals surface area contributed by atoms with Crippen LogP contribution in [-0.2, 0) is 21.4 Å². The molecule has 2 fully saturated rings. The SMILES string of the molecule is C=CC(c1cc2ccc(Cl)cc2s1)S(=O)(=O)N1CC(=O)N(Cc2ccc(C#N)c(N)c2)C(CN2CCN(C)CC2)C1. The van der Waals surface area contributed by atoms with Crippen molar-refractivity contribution in [2.75, 3.05) is 58.6 Å². The van der Waals surface area contributed by atoms with Gasteiger partial charge in [-0.2, -0.15) is 9.57 Å². The van der Waals surface area contributed by atoms with E-state index in [9.17, 15) is 18.5 Å². The van der Waals surface area contributed by atoms with E-state index in [1.807, 2.05) is 18.2 Å². The maximum Gasteiger partial charge on any atom is 0.238 e. The van der Waals surface area contributed by atoms with E-state index in [2.05, 4.69) is 29.5 Å². The normalized spacial score (nSPS) is 20.3. The molecule has 3 aromatic rings. The Kier molecular flexibility index (Phi) is 8.70. The van der Waals surface area contributed by atoms with Crippen molar-refractivity contribution in [3.63, 3.8) is 0 Å². The minimum Gasteiger partial charge on any atom is -0.398 e. The van der Waals surface area contributed by atoms with Gasteiger partial charge in [-0.25, -0.2) is 8.42 Å². The molecule has 0 bridgehead atoms. The van der Waals surface area contributed by atoms with Crippen molar-refractivity contribution in [3.05, 3.63) is 76.1 Å². The summed E-state index contributed by atoms with van der Waals surface area (Å²) in [7, 11) is -1.87. The average molecular weight is 613 g/mol. The molecule has 2 aliphatic heterocycles. The number of amides is 1. The van der Waals surface area contributed by atoms with Crippen molar-refractivity contribution in [2.45, 2.75) is 17.8 Å². The van der Waals surface area contributed by atoms with Crippen LogP contribution in [0.15, 0.2) is 55.1 Å². The summed E-state index contributed by atoms with van der Waals surface area (Å²) >= 11 is 7.53. The van der Waals surface area contributed by atoms with E-state index in [4.69, 9.17) is 17.3 Å². The number of hydrogen-bond donors (Lipinski definition) is 1. The summed E-state index contributed by atoms with van der Waals surface area (Å²) in [4.78, 5) is 20.6. The molecule has 12 heteroatoms. The first kappa shape index (κ1) is 29.5. The number of sulfonamides is 1. The van der Waals surface area contributed by atoms with E-state index in [0.29, 0.717) is 27.7 Å². The number of nitriles is 1. The lowest BCUT2D eigenvalue weighted by Crippen LogP contribution is -2.61. The Morgan fingerprint density at radius 2 is 1.95 bits per heavy atom. The van der Waals surface area contributed by atoms with Gasteiger partial charge in [0.05, 0.1) is 18.2 Å². The molecule has 2 N–H and O–H groups in total. The summed E-state index contributed by atoms with van der Waals surface area (Å²) in [5.74, 6) is -0.271. The number of rotatable bonds is 8. The molecule has 2 aromatic carbocycles. The lowest BCUT2D eigenvalue weighted by Gasteiger charge is -2.44. The number of nitrogens with two attached hydrogens (primary N) is 1. The molecule has 2 unspecified atom stereocenters. The number of nitrogens with zero attached hydrogens (tertiary/aromatic N) is 5. The number of anilines is 1. The Balaban J connectivity index is 1.43. The molecule has 0 radical (unpaired) electrons. The molecule has 41 heavy (non-hydrogen) atoms. The predicted octanol–water partition coefficient (Wildman–Crippen LogP) is 3.53. The number of likely N-dealkylation sites (N-methyl/N-ethyl adjacent to an activating group) is 1. The van der Waals surface area contributed by atoms with Gasteiger partial charge in [-0.1, -0.05) is 29.8 Å². The second-order valence-electron chi connectivity index (χ2n) is 10.6. The summed E-state index contributed by atoms with van der Waals surface area (Å²) in [6, 6.07) is 14.2. The van der Waals surface area contributed by atoms with Crippen molar-refractivity contribution in [1.29, 1.82) is 5.26 Å². The first-order chi connectivity index (χ1) is 19.6. The Morgan fingerprint density at radius 1 is 1.20 bits per heavy atom. The van der Waals surface area contributed by atoms with Gasteiger partial charge in [-0.05, 0) is 48.3 Å². The molecule has 1 aromatic heterocycles. The van der Waals surface area contributed by atoms with Crippen LogP contribution in [0, 0.1) is 11.3 Å². The molecule has 0 saturated carbocycles. The standard InChI is InChI=1S/C29H33ClN6O3S2/c1-3-28(27-13-21-6-7-23(30)14-26(21)40-27)41(38,39)35-18-24(17-34-10-8-33(2)9-11-34)36(29(37)19-35)16-20-4-5-22(15-31)25(32)12-20/h3-7,12-14,24,28H,1,8-11,16-19,32H2,2H3. The van der Waals surface area contributed by atoms with Crippen molar-refractivity contribution in [1.82, 2.24) is 19.0 Å². The van der Waals surface area contributed by atoms with Crippen molar-refractivity contribution >= 4 is 54.6 Å². The lowest BCUT2D eigenvalue weighted by atomic mass is 10.1. The number of carbonyl (C=O) groups is 1. The minimum absolute atomic E-state index is 0.174. The van der Waals surface area contributed by atoms with Gasteiger partial charge in [-0.3, -0.25) is 9.69 Å². The molecule has 0 aliphatic carbocycles. The third-order valence-electron chi connectivity index (χ3n) is 7.82. The van der Waals surface area contributed by atoms with Gasteiger partial charge in [0.15, 0.2) is 0 Å². The summed E-state index contributed by atoms with van der Waals surface area (Å²) in [6.45, 7) is 8.09. The zero-order valence-corrected chi connectivity index (χ0v) is 25.3. The average Bonchev–Trinajstić information content (AvgIpc) is 3.34. The predicted molar refractivity (Wildman–Crippen MR) is 164 cm³/mol. The molecular formula is C29H33ClN6O3S2. The van der Waals surface area contributed by atoms with Gasteiger partial charge in [0.25, 0.3) is 0 Å². The monoisotopic (exact) mass is 612 g/mol. The highest BCUT2D eigenvalue weighted by atomic mass is 35.5. The number of thiophene rings is 1. The number of halogens is 1. The highest BCUT2D eigenvalue weighted by Gasteiger charge is 2.42. The van der Waals surface area contributed by atoms with Gasteiger partial charge in [-0.15, -0.1) is 17.9 Å². The molecule has 3 heterocycles. The summed E-state index contributed by atoms with van der Waals surface area (Å²) < 4.78 is 30.3. The Bertz CT molecular complexity index is 1610. The van der Waals surface area contributed by atoms with Gasteiger partial charge in [0.2, 0.25) is 15.9 Å². The zero-order valence-electron chi connectivity index (χ0n) is 22.9. The van der Waals surface area contributed by atoms with Crippen molar-refractivity contribution < 1.29 is 13.2 Å². The van der Waals surface area contributed by atoms with Gasteiger partial charge >= 0.3 is 0 Å². The first-order valence-electron chi connectivity index (χ1n) is 13.4. The Hall–Kier alpha value is -2.98. The Labute approximate surface area is 250 Å². The molecule has 1 amide bonds. The quantitative estimate of drug-likeness (QED) is 0.306. The summed E-state index contributed by atoms with van der Waals surface area (Å²) in [6.07, 6.45) is 1.44. The second kappa shape index (κ2) is 12.1. The van der Waals surface area contributed by atoms with Gasteiger partial charge in [0, 0.05) is 66.1 Å². The number of hydrogen-bond acceptors (Lipinski definition) is 8. The molecule has 5 rings (SSSR count). The molecule has 2 saturated heterocycles. The van der Waals surface area contributed by atoms with E-state index in [1.54, 1.807) is 29.2 Å². The van der Waals surface area contributed by atoms with Crippen molar-refractivity contribution in [3.8, 4) is 6.07 Å². The van der Waals surface area contributed by atoms with Crippen LogP contribution in [0.3, 0.4) is 0 Å². The van der Waals surface area contributed by atoms with E-state index < -0.39 is 15.3 Å². The number of piperazine rings is 2. The molecule has 9 nitrogen and oxygen atoms in total. The topological polar surface area (TPSA) is 114 Å². The number of benzene rings is 2. The summed E-state index contributed by atoms with van der Waals surface area (Å²) in [5, 5.41) is 9.75. The van der Waals surface area contributed by atoms with E-state index in [-0.39, 0.29) is 31.6 Å². The fourth-order valence-corrected chi connectivity index (χ4v) is 8.88. The second-order valence-corrected chi connectivity index (χ2v) is 14.2. The van der Waals surface area contributed by atoms with E-state index in [1.165, 1.54) is 21.7 Å². The van der Waals surface area contributed by atoms with Crippen LogP contribution in [0.25, 0.3) is 10.1 Å². The highest BCUT2D eigenvalue weighted by molar-refractivity contribution is 7.89. The minimum atomic E-state index is -3.95. The van der Waals surface area contributed by atoms with Crippen LogP contribution in [0.4, 0.5) is 5.69 Å². The van der Waals surface area contributed by atoms with Gasteiger partial charge in [0.1, 0.15) is 11.3 Å². The molecule has 216 valence electrons. The Morgan fingerprint density at radius 3 is 2.63 bits per heavy atom. The smallest absolute Gasteiger partial charge is 0.238 e. The van der Waals surface area contributed by atoms with Crippen LogP contribution in [0.2, 0.25) is 5.02 Å². The number of nitrogen functional groups attached to an aromatic ring is 1. The van der Waals surface area contributed by atoms with E-state index >= 15 is 0 Å². The maximum absolute atomic E-state index is 14.1. The van der Waals surface area contributed by atoms with Crippen LogP contribution in [0.5, 0.6) is 0 Å². The molecule has 2 aliphatic rings. The summed E-state index contributed by atoms with van der Waals surface area (Å²) in [5.41, 5.74) is 7.57. The fourth-order valence-electron chi connectivity index (χ4n) is 5.46. The fraction of sp³-hybridized carbons (Fsp3) is 0.379. The molecule has 2 atom stereocenters. The first-order valence-corrected chi connectivity index (χ1v) is 16.1. The largest absolute Gasteiger partial charge is 0.398 e. The van der Waals surface area contributed by atoms with Crippen molar-refractivity contribution in [2.24, 2.45) is 0 Å². The van der Waals surface area contributed by atoms with Crippen LogP contribution in [-0.4, -0.2) is 92.2 Å². The highest BCUT2D eigenvalue weighted by Crippen LogP contribution is 2.37. The van der Waals surface area contributed by atoms with E-state index in [0.717, 1.165) is 41.8 Å². The number of carbonyl (C=O) groups excluding carboxylic acids is 1. The number of fused-ring (bicyclic) bond motifs is 1. The third kappa shape index (κ3) is 6.28. The van der Waals surface area contributed by atoms with Crippen LogP contribution < -0.4 is 5.73 Å². The van der Waals surface area contributed by atoms with Gasteiger partial charge < -0.3 is 15.5 Å². The molecular weight excluding hydrogens is 580 g/mol.